The van der Waals surface area contributed by atoms with Crippen molar-refractivity contribution in [2.24, 2.45) is 0 Å². The zero-order chi connectivity index (χ0) is 16.8. The van der Waals surface area contributed by atoms with Gasteiger partial charge in [0.1, 0.15) is 5.82 Å². The van der Waals surface area contributed by atoms with E-state index in [0.29, 0.717) is 16.7 Å². The maximum atomic E-state index is 10.8. The van der Waals surface area contributed by atoms with E-state index in [9.17, 15) is 10.1 Å². The highest BCUT2D eigenvalue weighted by Crippen LogP contribution is 2.22. The number of aromatic amines is 1. The van der Waals surface area contributed by atoms with Crippen molar-refractivity contribution >= 4 is 29.6 Å². The summed E-state index contributed by atoms with van der Waals surface area (Å²) in [5.74, 6) is 1.24. The number of benzene rings is 2. The monoisotopic (exact) mass is 338 g/mol. The highest BCUT2D eigenvalue weighted by molar-refractivity contribution is 7.98. The maximum Gasteiger partial charge on any atom is 0.269 e. The van der Waals surface area contributed by atoms with Crippen LogP contribution in [0, 0.1) is 10.1 Å². The molecule has 3 rings (SSSR count). The van der Waals surface area contributed by atoms with Gasteiger partial charge in [-0.05, 0) is 17.2 Å². The molecule has 0 unspecified atom stereocenters. The van der Waals surface area contributed by atoms with Crippen molar-refractivity contribution in [3.05, 3.63) is 81.7 Å². The Bertz CT molecular complexity index is 862. The average molecular weight is 338 g/mol. The van der Waals surface area contributed by atoms with E-state index in [1.54, 1.807) is 12.1 Å². The lowest BCUT2D eigenvalue weighted by molar-refractivity contribution is -0.384. The first-order valence-electron chi connectivity index (χ1n) is 7.22. The van der Waals surface area contributed by atoms with E-state index in [4.69, 9.17) is 0 Å². The van der Waals surface area contributed by atoms with Crippen LogP contribution in [0.25, 0.3) is 12.2 Å². The molecule has 0 aliphatic rings. The summed E-state index contributed by atoms with van der Waals surface area (Å²) in [4.78, 5) is 14.8. The van der Waals surface area contributed by atoms with Crippen LogP contribution in [0.15, 0.2) is 59.8 Å². The highest BCUT2D eigenvalue weighted by atomic mass is 32.2. The van der Waals surface area contributed by atoms with Gasteiger partial charge in [-0.25, -0.2) is 4.98 Å². The molecule has 0 saturated heterocycles. The second-order valence-corrected chi connectivity index (χ2v) is 5.91. The van der Waals surface area contributed by atoms with Gasteiger partial charge in [0.2, 0.25) is 5.16 Å². The number of nitrogens with one attached hydrogen (secondary N) is 1. The van der Waals surface area contributed by atoms with Crippen LogP contribution in [0.3, 0.4) is 0 Å². The number of aromatic nitrogens is 3. The minimum atomic E-state index is -0.395. The third-order valence-corrected chi connectivity index (χ3v) is 4.12. The fourth-order valence-electron chi connectivity index (χ4n) is 2.04. The largest absolute Gasteiger partial charge is 0.269 e. The smallest absolute Gasteiger partial charge is 0.259 e. The molecule has 1 heterocycles. The Morgan fingerprint density at radius 3 is 2.75 bits per heavy atom. The molecule has 0 radical (unpaired) electrons. The Balaban J connectivity index is 1.61. The normalized spacial score (nSPS) is 11.0. The molecule has 0 saturated carbocycles. The molecule has 2 aromatic carbocycles. The van der Waals surface area contributed by atoms with Crippen LogP contribution < -0.4 is 0 Å². The number of nitro groups is 1. The number of hydrogen-bond donors (Lipinski definition) is 1. The Kier molecular flexibility index (Phi) is 5.02. The van der Waals surface area contributed by atoms with Gasteiger partial charge in [0, 0.05) is 17.9 Å². The van der Waals surface area contributed by atoms with Gasteiger partial charge < -0.3 is 0 Å². The third-order valence-electron chi connectivity index (χ3n) is 3.20. The summed E-state index contributed by atoms with van der Waals surface area (Å²) in [7, 11) is 0. The highest BCUT2D eigenvalue weighted by Gasteiger charge is 2.07. The van der Waals surface area contributed by atoms with Crippen LogP contribution in [0.2, 0.25) is 0 Å². The van der Waals surface area contributed by atoms with Crippen molar-refractivity contribution < 1.29 is 4.92 Å². The Labute approximate surface area is 142 Å². The van der Waals surface area contributed by atoms with Gasteiger partial charge in [0.15, 0.2) is 0 Å². The van der Waals surface area contributed by atoms with Gasteiger partial charge in [0.05, 0.1) is 4.92 Å². The van der Waals surface area contributed by atoms with Crippen molar-refractivity contribution in [3.63, 3.8) is 0 Å². The summed E-state index contributed by atoms with van der Waals surface area (Å²) in [5.41, 5.74) is 2.04. The fraction of sp³-hybridized carbons (Fsp3) is 0.0588. The number of hydrogen-bond acceptors (Lipinski definition) is 5. The minimum Gasteiger partial charge on any atom is -0.259 e. The Morgan fingerprint density at radius 1 is 1.12 bits per heavy atom. The standard InChI is InChI=1S/C17H14N4O2S/c22-21(23)15-8-4-7-14(11-15)12-24-17-18-16(19-20-17)10-9-13-5-2-1-3-6-13/h1-11H,12H2,(H,18,19,20)/b10-9+. The van der Waals surface area contributed by atoms with Crippen molar-refractivity contribution in [3.8, 4) is 0 Å². The molecule has 0 aliphatic heterocycles. The summed E-state index contributed by atoms with van der Waals surface area (Å²) in [6.07, 6.45) is 3.81. The molecule has 1 N–H and O–H groups in total. The molecule has 0 aliphatic carbocycles. The molecule has 6 nitrogen and oxygen atoms in total. The summed E-state index contributed by atoms with van der Waals surface area (Å²) >= 11 is 1.43. The van der Waals surface area contributed by atoms with Crippen LogP contribution in [0.4, 0.5) is 5.69 Å². The third kappa shape index (κ3) is 4.30. The summed E-state index contributed by atoms with van der Waals surface area (Å²) in [5, 5.41) is 18.4. The van der Waals surface area contributed by atoms with Crippen LogP contribution >= 0.6 is 11.8 Å². The van der Waals surface area contributed by atoms with E-state index in [-0.39, 0.29) is 5.69 Å². The lowest BCUT2D eigenvalue weighted by Gasteiger charge is -1.98. The molecule has 3 aromatic rings. The molecule has 120 valence electrons. The van der Waals surface area contributed by atoms with E-state index >= 15 is 0 Å². The van der Waals surface area contributed by atoms with E-state index in [1.807, 2.05) is 48.6 Å². The molecule has 0 bridgehead atoms. The number of nitrogens with zero attached hydrogens (tertiary/aromatic N) is 3. The van der Waals surface area contributed by atoms with Gasteiger partial charge in [-0.3, -0.25) is 15.2 Å². The van der Waals surface area contributed by atoms with Gasteiger partial charge in [-0.15, -0.1) is 5.10 Å². The first-order valence-corrected chi connectivity index (χ1v) is 8.21. The molecule has 24 heavy (non-hydrogen) atoms. The first kappa shape index (κ1) is 15.9. The minimum absolute atomic E-state index is 0.0922. The van der Waals surface area contributed by atoms with Crippen LogP contribution in [0.5, 0.6) is 0 Å². The van der Waals surface area contributed by atoms with Crippen LogP contribution in [-0.4, -0.2) is 20.1 Å². The van der Waals surface area contributed by atoms with Gasteiger partial charge in [-0.2, -0.15) is 0 Å². The summed E-state index contributed by atoms with van der Waals surface area (Å²) in [6, 6.07) is 16.5. The Morgan fingerprint density at radius 2 is 1.96 bits per heavy atom. The Hall–Kier alpha value is -2.93. The molecular weight excluding hydrogens is 324 g/mol. The number of nitro benzene ring substituents is 1. The quantitative estimate of drug-likeness (QED) is 0.414. The lowest BCUT2D eigenvalue weighted by Crippen LogP contribution is -1.89. The average Bonchev–Trinajstić information content (AvgIpc) is 3.07. The van der Waals surface area contributed by atoms with E-state index in [0.717, 1.165) is 11.1 Å². The molecule has 0 amide bonds. The summed E-state index contributed by atoms with van der Waals surface area (Å²) < 4.78 is 0. The molecule has 0 fully saturated rings. The van der Waals surface area contributed by atoms with Crippen molar-refractivity contribution in [1.29, 1.82) is 0 Å². The second kappa shape index (κ2) is 7.56. The molecule has 0 atom stereocenters. The zero-order valence-electron chi connectivity index (χ0n) is 12.6. The second-order valence-electron chi connectivity index (χ2n) is 4.96. The number of thioether (sulfide) groups is 1. The molecule has 0 spiro atoms. The fourth-order valence-corrected chi connectivity index (χ4v) is 2.79. The molecular formula is C17H14N4O2S. The summed E-state index contributed by atoms with van der Waals surface area (Å²) in [6.45, 7) is 0. The van der Waals surface area contributed by atoms with Crippen LogP contribution in [0.1, 0.15) is 17.0 Å². The van der Waals surface area contributed by atoms with Crippen molar-refractivity contribution in [2.45, 2.75) is 10.9 Å². The predicted octanol–water partition coefficient (Wildman–Crippen LogP) is 4.18. The zero-order valence-corrected chi connectivity index (χ0v) is 13.4. The first-order chi connectivity index (χ1) is 11.7. The molecule has 7 heteroatoms. The van der Waals surface area contributed by atoms with Gasteiger partial charge >= 0.3 is 0 Å². The van der Waals surface area contributed by atoms with E-state index in [2.05, 4.69) is 15.2 Å². The SMILES string of the molecule is O=[N+]([O-])c1cccc(CSc2n[nH]c(/C=C/c3ccccc3)n2)c1. The van der Waals surface area contributed by atoms with Gasteiger partial charge in [0.25, 0.3) is 5.69 Å². The van der Waals surface area contributed by atoms with E-state index in [1.165, 1.54) is 17.8 Å². The lowest BCUT2D eigenvalue weighted by atomic mass is 10.2. The topological polar surface area (TPSA) is 84.7 Å². The number of H-pyrrole nitrogens is 1. The van der Waals surface area contributed by atoms with Crippen molar-refractivity contribution in [2.75, 3.05) is 0 Å². The van der Waals surface area contributed by atoms with Crippen LogP contribution in [-0.2, 0) is 5.75 Å². The number of rotatable bonds is 6. The van der Waals surface area contributed by atoms with E-state index < -0.39 is 4.92 Å². The predicted molar refractivity (Wildman–Crippen MR) is 94.4 cm³/mol. The maximum absolute atomic E-state index is 10.8. The van der Waals surface area contributed by atoms with Crippen molar-refractivity contribution in [1.82, 2.24) is 15.2 Å². The molecule has 1 aromatic heterocycles. The number of non-ortho nitro benzene ring substituents is 1. The van der Waals surface area contributed by atoms with Gasteiger partial charge in [-0.1, -0.05) is 60.3 Å².